The van der Waals surface area contributed by atoms with Crippen LogP contribution in [0.3, 0.4) is 0 Å². The standard InChI is InChI=1S/C29H34FN3O4S/c1-5-23-9-7-8-10-27(23)33(38(36,37)25-17-11-21(3)12-18-25)20-28(34)32(26(6-2)29(35)31-4)19-22-13-15-24(30)16-14-22/h7-18,26H,5-6,19-20H2,1-4H3,(H,31,35)/t26-/m0/s1. The predicted octanol–water partition coefficient (Wildman–Crippen LogP) is 4.45. The molecule has 9 heteroatoms. The molecule has 0 aliphatic rings. The zero-order chi connectivity index (χ0) is 27.9. The van der Waals surface area contributed by atoms with E-state index in [0.29, 0.717) is 24.1 Å². The zero-order valence-electron chi connectivity index (χ0n) is 22.1. The Morgan fingerprint density at radius 3 is 2.16 bits per heavy atom. The summed E-state index contributed by atoms with van der Waals surface area (Å²) in [6.45, 7) is 5.05. The van der Waals surface area contributed by atoms with Crippen LogP contribution in [0.2, 0.25) is 0 Å². The second-order valence-corrected chi connectivity index (χ2v) is 10.9. The van der Waals surface area contributed by atoms with Crippen LogP contribution < -0.4 is 9.62 Å². The summed E-state index contributed by atoms with van der Waals surface area (Å²) in [6.07, 6.45) is 0.863. The lowest BCUT2D eigenvalue weighted by Gasteiger charge is -2.33. The minimum Gasteiger partial charge on any atom is -0.357 e. The number of aryl methyl sites for hydroxylation is 2. The number of para-hydroxylation sites is 1. The Kier molecular flexibility index (Phi) is 9.63. The average molecular weight is 540 g/mol. The first kappa shape index (κ1) is 28.8. The molecule has 3 aromatic rings. The molecule has 1 N–H and O–H groups in total. The van der Waals surface area contributed by atoms with Crippen LogP contribution in [0.1, 0.15) is 37.0 Å². The topological polar surface area (TPSA) is 86.8 Å². The number of hydrogen-bond donors (Lipinski definition) is 1. The fourth-order valence-electron chi connectivity index (χ4n) is 4.28. The van der Waals surface area contributed by atoms with Crippen LogP contribution in [0.4, 0.5) is 10.1 Å². The first-order valence-corrected chi connectivity index (χ1v) is 14.0. The van der Waals surface area contributed by atoms with Gasteiger partial charge in [0.15, 0.2) is 0 Å². The van der Waals surface area contributed by atoms with Gasteiger partial charge in [-0.1, -0.05) is 61.9 Å². The third-order valence-electron chi connectivity index (χ3n) is 6.43. The summed E-state index contributed by atoms with van der Waals surface area (Å²) in [4.78, 5) is 28.1. The number of carbonyl (C=O) groups excluding carboxylic acids is 2. The minimum atomic E-state index is -4.13. The molecule has 0 aromatic heterocycles. The summed E-state index contributed by atoms with van der Waals surface area (Å²) in [7, 11) is -2.65. The van der Waals surface area contributed by atoms with Crippen LogP contribution in [0, 0.1) is 12.7 Å². The number of benzene rings is 3. The average Bonchev–Trinajstić information content (AvgIpc) is 2.92. The summed E-state index contributed by atoms with van der Waals surface area (Å²) in [6, 6.07) is 18.3. The van der Waals surface area contributed by atoms with E-state index in [4.69, 9.17) is 0 Å². The Morgan fingerprint density at radius 1 is 0.947 bits per heavy atom. The monoisotopic (exact) mass is 539 g/mol. The molecule has 0 unspecified atom stereocenters. The SMILES string of the molecule is CCc1ccccc1N(CC(=O)N(Cc1ccc(F)cc1)[C@@H](CC)C(=O)NC)S(=O)(=O)c1ccc(C)cc1. The molecular formula is C29H34FN3O4S. The van der Waals surface area contributed by atoms with Crippen molar-refractivity contribution in [2.24, 2.45) is 0 Å². The van der Waals surface area contributed by atoms with Gasteiger partial charge >= 0.3 is 0 Å². The lowest BCUT2D eigenvalue weighted by atomic mass is 10.1. The van der Waals surface area contributed by atoms with Gasteiger partial charge < -0.3 is 10.2 Å². The van der Waals surface area contributed by atoms with E-state index in [1.165, 1.54) is 36.2 Å². The van der Waals surface area contributed by atoms with Crippen molar-refractivity contribution in [2.45, 2.75) is 51.1 Å². The lowest BCUT2D eigenvalue weighted by Crippen LogP contribution is -2.51. The summed E-state index contributed by atoms with van der Waals surface area (Å²) < 4.78 is 42.5. The second kappa shape index (κ2) is 12.7. The van der Waals surface area contributed by atoms with Crippen molar-refractivity contribution in [1.82, 2.24) is 10.2 Å². The summed E-state index contributed by atoms with van der Waals surface area (Å²) >= 11 is 0. The molecule has 0 saturated heterocycles. The van der Waals surface area contributed by atoms with E-state index in [2.05, 4.69) is 5.32 Å². The fourth-order valence-corrected chi connectivity index (χ4v) is 5.73. The molecule has 0 aliphatic carbocycles. The Hall–Kier alpha value is -3.72. The number of nitrogens with zero attached hydrogens (tertiary/aromatic N) is 2. The van der Waals surface area contributed by atoms with Crippen molar-refractivity contribution >= 4 is 27.5 Å². The molecule has 0 fully saturated rings. The smallest absolute Gasteiger partial charge is 0.264 e. The number of sulfonamides is 1. The van der Waals surface area contributed by atoms with Gasteiger partial charge in [0, 0.05) is 13.6 Å². The van der Waals surface area contributed by atoms with E-state index in [0.717, 1.165) is 15.4 Å². The maximum atomic E-state index is 13.9. The molecule has 2 amide bonds. The quantitative estimate of drug-likeness (QED) is 0.390. The van der Waals surface area contributed by atoms with Crippen molar-refractivity contribution < 1.29 is 22.4 Å². The van der Waals surface area contributed by atoms with Crippen molar-refractivity contribution in [3.05, 3.63) is 95.3 Å². The maximum Gasteiger partial charge on any atom is 0.264 e. The lowest BCUT2D eigenvalue weighted by molar-refractivity contribution is -0.140. The molecule has 0 bridgehead atoms. The van der Waals surface area contributed by atoms with Gasteiger partial charge in [-0.25, -0.2) is 12.8 Å². The number of hydrogen-bond acceptors (Lipinski definition) is 4. The van der Waals surface area contributed by atoms with Crippen LogP contribution in [0.5, 0.6) is 0 Å². The van der Waals surface area contributed by atoms with Crippen molar-refractivity contribution in [2.75, 3.05) is 17.9 Å². The Balaban J connectivity index is 2.09. The molecule has 3 rings (SSSR count). The summed E-state index contributed by atoms with van der Waals surface area (Å²) in [5.41, 5.74) is 2.68. The summed E-state index contributed by atoms with van der Waals surface area (Å²) in [5.74, 6) is -1.34. The van der Waals surface area contributed by atoms with E-state index >= 15 is 0 Å². The number of halogens is 1. The number of rotatable bonds is 11. The van der Waals surface area contributed by atoms with E-state index in [9.17, 15) is 22.4 Å². The van der Waals surface area contributed by atoms with E-state index in [1.807, 2.05) is 26.0 Å². The van der Waals surface area contributed by atoms with Gasteiger partial charge in [-0.05, 0) is 61.2 Å². The normalized spacial score (nSPS) is 12.0. The fraction of sp³-hybridized carbons (Fsp3) is 0.310. The van der Waals surface area contributed by atoms with Gasteiger partial charge in [0.2, 0.25) is 11.8 Å². The molecular weight excluding hydrogens is 505 g/mol. The maximum absolute atomic E-state index is 13.9. The third-order valence-corrected chi connectivity index (χ3v) is 8.20. The van der Waals surface area contributed by atoms with Gasteiger partial charge in [0.25, 0.3) is 10.0 Å². The summed E-state index contributed by atoms with van der Waals surface area (Å²) in [5, 5.41) is 2.59. The Morgan fingerprint density at radius 2 is 1.58 bits per heavy atom. The van der Waals surface area contributed by atoms with Crippen molar-refractivity contribution in [3.8, 4) is 0 Å². The molecule has 0 spiro atoms. The molecule has 0 radical (unpaired) electrons. The first-order chi connectivity index (χ1) is 18.1. The largest absolute Gasteiger partial charge is 0.357 e. The second-order valence-electron chi connectivity index (χ2n) is 8.99. The van der Waals surface area contributed by atoms with E-state index in [-0.39, 0.29) is 17.3 Å². The number of anilines is 1. The predicted molar refractivity (Wildman–Crippen MR) is 147 cm³/mol. The van der Waals surface area contributed by atoms with Crippen molar-refractivity contribution in [3.63, 3.8) is 0 Å². The van der Waals surface area contributed by atoms with E-state index in [1.54, 1.807) is 43.3 Å². The highest BCUT2D eigenvalue weighted by atomic mass is 32.2. The molecule has 0 saturated carbocycles. The molecule has 3 aromatic carbocycles. The number of carbonyl (C=O) groups is 2. The zero-order valence-corrected chi connectivity index (χ0v) is 23.0. The number of nitrogens with one attached hydrogen (secondary N) is 1. The molecule has 0 aliphatic heterocycles. The van der Waals surface area contributed by atoms with E-state index < -0.39 is 34.3 Å². The van der Waals surface area contributed by atoms with Crippen LogP contribution in [-0.4, -0.2) is 44.8 Å². The highest BCUT2D eigenvalue weighted by Crippen LogP contribution is 2.28. The van der Waals surface area contributed by atoms with Crippen LogP contribution >= 0.6 is 0 Å². The molecule has 202 valence electrons. The van der Waals surface area contributed by atoms with Gasteiger partial charge in [-0.15, -0.1) is 0 Å². The first-order valence-electron chi connectivity index (χ1n) is 12.5. The van der Waals surface area contributed by atoms with Gasteiger partial charge in [-0.2, -0.15) is 0 Å². The van der Waals surface area contributed by atoms with Crippen LogP contribution in [-0.2, 0) is 32.6 Å². The number of likely N-dealkylation sites (N-methyl/N-ethyl adjacent to an activating group) is 1. The molecule has 0 heterocycles. The van der Waals surface area contributed by atoms with Gasteiger partial charge in [0.05, 0.1) is 10.6 Å². The van der Waals surface area contributed by atoms with Gasteiger partial charge in [0.1, 0.15) is 18.4 Å². The van der Waals surface area contributed by atoms with Crippen LogP contribution in [0.25, 0.3) is 0 Å². The third kappa shape index (κ3) is 6.58. The Bertz CT molecular complexity index is 1360. The highest BCUT2D eigenvalue weighted by molar-refractivity contribution is 7.92. The van der Waals surface area contributed by atoms with Crippen molar-refractivity contribution in [1.29, 1.82) is 0 Å². The molecule has 38 heavy (non-hydrogen) atoms. The van der Waals surface area contributed by atoms with Gasteiger partial charge in [-0.3, -0.25) is 13.9 Å². The molecule has 1 atom stereocenters. The highest BCUT2D eigenvalue weighted by Gasteiger charge is 2.34. The number of amides is 2. The minimum absolute atomic E-state index is 0.0128. The Labute approximate surface area is 224 Å². The molecule has 7 nitrogen and oxygen atoms in total. The van der Waals surface area contributed by atoms with Crippen LogP contribution in [0.15, 0.2) is 77.7 Å².